The minimum absolute atomic E-state index is 0.105. The van der Waals surface area contributed by atoms with Gasteiger partial charge in [0, 0.05) is 26.2 Å². The van der Waals surface area contributed by atoms with Gasteiger partial charge in [-0.1, -0.05) is 0 Å². The van der Waals surface area contributed by atoms with Gasteiger partial charge < -0.3 is 14.7 Å². The molecule has 1 aromatic rings. The van der Waals surface area contributed by atoms with Gasteiger partial charge in [0.25, 0.3) is 0 Å². The predicted octanol–water partition coefficient (Wildman–Crippen LogP) is 0.0556. The molecular formula is C13H19N3O4S. The highest BCUT2D eigenvalue weighted by Crippen LogP contribution is 2.30. The minimum Gasteiger partial charge on any atom is -0.480 e. The second kappa shape index (κ2) is 5.43. The molecule has 8 heteroatoms. The third kappa shape index (κ3) is 2.58. The molecule has 0 saturated carbocycles. The van der Waals surface area contributed by atoms with E-state index in [2.05, 4.69) is 4.98 Å². The molecule has 0 amide bonds. The molecule has 0 radical (unpaired) electrons. The molecule has 1 atom stereocenters. The number of nitrogens with zero attached hydrogens (tertiary/aromatic N) is 3. The molecule has 2 fully saturated rings. The first-order chi connectivity index (χ1) is 10.0. The maximum Gasteiger partial charge on any atom is 0.248 e. The molecule has 0 bridgehead atoms. The third-order valence-corrected chi connectivity index (χ3v) is 5.84. The fourth-order valence-corrected chi connectivity index (χ4v) is 4.16. The number of rotatable bonds is 4. The second-order valence-corrected chi connectivity index (χ2v) is 7.23. The quantitative estimate of drug-likeness (QED) is 0.846. The third-order valence-electron chi connectivity index (χ3n) is 3.92. The van der Waals surface area contributed by atoms with Crippen molar-refractivity contribution >= 4 is 15.8 Å². The van der Waals surface area contributed by atoms with Crippen LogP contribution in [0.1, 0.15) is 12.8 Å². The summed E-state index contributed by atoms with van der Waals surface area (Å²) in [4.78, 5) is 6.33. The van der Waals surface area contributed by atoms with E-state index in [1.54, 1.807) is 12.1 Å². The van der Waals surface area contributed by atoms with Gasteiger partial charge in [0.15, 0.2) is 0 Å². The topological polar surface area (TPSA) is 83.0 Å². The van der Waals surface area contributed by atoms with Crippen LogP contribution in [0, 0.1) is 0 Å². The maximum atomic E-state index is 12.4. The van der Waals surface area contributed by atoms with Crippen LogP contribution >= 0.6 is 0 Å². The molecule has 7 nitrogen and oxygen atoms in total. The number of hydrogen-bond acceptors (Lipinski definition) is 6. The number of pyridine rings is 1. The zero-order valence-electron chi connectivity index (χ0n) is 11.9. The Morgan fingerprint density at radius 1 is 1.33 bits per heavy atom. The molecule has 1 unspecified atom stereocenters. The van der Waals surface area contributed by atoms with Crippen LogP contribution in [0.2, 0.25) is 0 Å². The van der Waals surface area contributed by atoms with Crippen LogP contribution in [0.15, 0.2) is 17.0 Å². The Morgan fingerprint density at radius 2 is 2.10 bits per heavy atom. The zero-order valence-corrected chi connectivity index (χ0v) is 12.7. The lowest BCUT2D eigenvalue weighted by atomic mass is 10.3. The van der Waals surface area contributed by atoms with Crippen LogP contribution in [-0.4, -0.2) is 62.2 Å². The van der Waals surface area contributed by atoms with E-state index in [9.17, 15) is 13.5 Å². The minimum atomic E-state index is -3.52. The first-order valence-corrected chi connectivity index (χ1v) is 8.44. The molecule has 1 N–H and O–H groups in total. The normalized spacial score (nSPS) is 23.1. The smallest absolute Gasteiger partial charge is 0.248 e. The van der Waals surface area contributed by atoms with Crippen LogP contribution < -0.4 is 9.64 Å². The van der Waals surface area contributed by atoms with E-state index in [1.807, 2.05) is 4.90 Å². The van der Waals surface area contributed by atoms with E-state index >= 15 is 0 Å². The number of aliphatic hydroxyl groups excluding tert-OH is 1. The molecule has 0 aromatic carbocycles. The summed E-state index contributed by atoms with van der Waals surface area (Å²) in [5.74, 6) is 0.742. The van der Waals surface area contributed by atoms with Crippen molar-refractivity contribution in [1.29, 1.82) is 0 Å². The van der Waals surface area contributed by atoms with E-state index in [0.29, 0.717) is 38.4 Å². The number of aliphatic hydroxyl groups is 1. The first kappa shape index (κ1) is 14.6. The van der Waals surface area contributed by atoms with Gasteiger partial charge >= 0.3 is 0 Å². The lowest BCUT2D eigenvalue weighted by Crippen LogP contribution is -2.42. The Labute approximate surface area is 124 Å². The summed E-state index contributed by atoms with van der Waals surface area (Å²) in [5.41, 5.74) is 0. The van der Waals surface area contributed by atoms with Crippen molar-refractivity contribution in [2.24, 2.45) is 0 Å². The molecule has 0 spiro atoms. The summed E-state index contributed by atoms with van der Waals surface area (Å²) in [6.07, 6.45) is 1.22. The summed E-state index contributed by atoms with van der Waals surface area (Å²) < 4.78 is 31.5. The van der Waals surface area contributed by atoms with Crippen molar-refractivity contribution in [3.8, 4) is 5.88 Å². The molecule has 116 valence electrons. The number of β-amino-alcohol motifs (C(OH)–C–C–N with tert-alkyl or cyclic N) is 1. The van der Waals surface area contributed by atoms with Gasteiger partial charge in [-0.2, -0.15) is 9.29 Å². The van der Waals surface area contributed by atoms with E-state index in [-0.39, 0.29) is 16.9 Å². The van der Waals surface area contributed by atoms with Crippen molar-refractivity contribution in [3.63, 3.8) is 0 Å². The average molecular weight is 313 g/mol. The Kier molecular flexibility index (Phi) is 3.76. The fourth-order valence-electron chi connectivity index (χ4n) is 2.55. The van der Waals surface area contributed by atoms with E-state index < -0.39 is 10.0 Å². The highest BCUT2D eigenvalue weighted by molar-refractivity contribution is 7.89. The van der Waals surface area contributed by atoms with Crippen molar-refractivity contribution in [1.82, 2.24) is 9.29 Å². The number of hydrogen-bond donors (Lipinski definition) is 1. The van der Waals surface area contributed by atoms with Crippen molar-refractivity contribution in [2.45, 2.75) is 23.8 Å². The molecule has 3 rings (SSSR count). The molecule has 1 aromatic heterocycles. The molecule has 3 heterocycles. The summed E-state index contributed by atoms with van der Waals surface area (Å²) in [6.45, 7) is 2.31. The number of methoxy groups -OCH3 is 1. The second-order valence-electron chi connectivity index (χ2n) is 5.32. The standard InChI is InChI=1S/C13H19N3O4S/c1-20-13-11(21(18,19)16-6-2-7-16)3-4-12(14-13)15-8-5-10(17)9-15/h3-4,10,17H,2,5-9H2,1H3. The van der Waals surface area contributed by atoms with Gasteiger partial charge in [-0.25, -0.2) is 8.42 Å². The predicted molar refractivity (Wildman–Crippen MR) is 77.0 cm³/mol. The van der Waals surface area contributed by atoms with Gasteiger partial charge in [0.05, 0.1) is 13.2 Å². The van der Waals surface area contributed by atoms with Crippen LogP contribution in [0.5, 0.6) is 5.88 Å². The Hall–Kier alpha value is -1.38. The average Bonchev–Trinajstić information content (AvgIpc) is 2.82. The Bertz CT molecular complexity index is 630. The summed E-state index contributed by atoms with van der Waals surface area (Å²) >= 11 is 0. The van der Waals surface area contributed by atoms with Crippen LogP contribution in [0.4, 0.5) is 5.82 Å². The van der Waals surface area contributed by atoms with Gasteiger partial charge in [-0.05, 0) is 25.0 Å². The highest BCUT2D eigenvalue weighted by atomic mass is 32.2. The highest BCUT2D eigenvalue weighted by Gasteiger charge is 2.33. The molecule has 21 heavy (non-hydrogen) atoms. The van der Waals surface area contributed by atoms with E-state index in [0.717, 1.165) is 6.42 Å². The largest absolute Gasteiger partial charge is 0.480 e. The van der Waals surface area contributed by atoms with Crippen molar-refractivity contribution in [2.75, 3.05) is 38.2 Å². The Balaban J connectivity index is 1.92. The van der Waals surface area contributed by atoms with Crippen LogP contribution in [0.3, 0.4) is 0 Å². The van der Waals surface area contributed by atoms with Crippen LogP contribution in [-0.2, 0) is 10.0 Å². The van der Waals surface area contributed by atoms with Crippen molar-refractivity contribution in [3.05, 3.63) is 12.1 Å². The number of aromatic nitrogens is 1. The molecule has 2 aliphatic rings. The fraction of sp³-hybridized carbons (Fsp3) is 0.615. The summed E-state index contributed by atoms with van der Waals surface area (Å²) in [5, 5.41) is 9.58. The molecule has 2 saturated heterocycles. The zero-order chi connectivity index (χ0) is 15.0. The molecule has 0 aliphatic carbocycles. The first-order valence-electron chi connectivity index (χ1n) is 7.00. The lowest BCUT2D eigenvalue weighted by Gasteiger charge is -2.30. The van der Waals surface area contributed by atoms with Gasteiger partial charge in [0.2, 0.25) is 15.9 Å². The number of ether oxygens (including phenoxy) is 1. The summed E-state index contributed by atoms with van der Waals surface area (Å²) in [6, 6.07) is 3.22. The lowest BCUT2D eigenvalue weighted by molar-refractivity contribution is 0.198. The number of anilines is 1. The van der Waals surface area contributed by atoms with Gasteiger partial charge in [-0.3, -0.25) is 0 Å². The SMILES string of the molecule is COc1nc(N2CCC(O)C2)ccc1S(=O)(=O)N1CCC1. The monoisotopic (exact) mass is 313 g/mol. The number of sulfonamides is 1. The Morgan fingerprint density at radius 3 is 2.62 bits per heavy atom. The van der Waals surface area contributed by atoms with Gasteiger partial charge in [0.1, 0.15) is 10.7 Å². The van der Waals surface area contributed by atoms with E-state index in [1.165, 1.54) is 11.4 Å². The maximum absolute atomic E-state index is 12.4. The van der Waals surface area contributed by atoms with Gasteiger partial charge in [-0.15, -0.1) is 0 Å². The van der Waals surface area contributed by atoms with Crippen LogP contribution in [0.25, 0.3) is 0 Å². The van der Waals surface area contributed by atoms with Crippen molar-refractivity contribution < 1.29 is 18.3 Å². The molecular weight excluding hydrogens is 294 g/mol. The van der Waals surface area contributed by atoms with E-state index in [4.69, 9.17) is 4.74 Å². The molecule has 2 aliphatic heterocycles. The summed E-state index contributed by atoms with van der Waals surface area (Å²) in [7, 11) is -2.10.